The van der Waals surface area contributed by atoms with E-state index in [0.717, 1.165) is 33.5 Å². The molecule has 1 atom stereocenters. The van der Waals surface area contributed by atoms with Crippen LogP contribution < -0.4 is 9.47 Å². The van der Waals surface area contributed by atoms with Crippen LogP contribution in [0.5, 0.6) is 11.5 Å². The first-order valence-electron chi connectivity index (χ1n) is 7.46. The fraction of sp³-hybridized carbons (Fsp3) is 0.529. The maximum Gasteiger partial charge on any atom is 0.197 e. The predicted molar refractivity (Wildman–Crippen MR) is 93.9 cm³/mol. The molecule has 21 heavy (non-hydrogen) atoms. The Labute approximate surface area is 140 Å². The van der Waals surface area contributed by atoms with Crippen molar-refractivity contribution in [1.29, 1.82) is 0 Å². The highest BCUT2D eigenvalue weighted by atomic mass is 127. The van der Waals surface area contributed by atoms with Crippen LogP contribution in [0.2, 0.25) is 0 Å². The van der Waals surface area contributed by atoms with E-state index in [2.05, 4.69) is 29.2 Å². The lowest BCUT2D eigenvalue weighted by molar-refractivity contribution is -0.117. The van der Waals surface area contributed by atoms with Gasteiger partial charge in [0.25, 0.3) is 0 Å². The quantitative estimate of drug-likeness (QED) is 0.494. The van der Waals surface area contributed by atoms with Crippen molar-refractivity contribution in [3.63, 3.8) is 0 Å². The Balaban J connectivity index is 2.05. The molecule has 1 aromatic rings. The standard InChI is InChI=1S/C17H23IO3/c1-4-13-10-15(18)17(16(11-13)19-3)21-12(2)20-14-8-6-5-7-9-14/h4,10-12,14H,1,5-9H2,2-3H3. The monoisotopic (exact) mass is 402 g/mol. The smallest absolute Gasteiger partial charge is 0.197 e. The SMILES string of the molecule is C=Cc1cc(I)c(OC(C)OC2CCCCC2)c(OC)c1. The normalized spacial score (nSPS) is 17.3. The highest BCUT2D eigenvalue weighted by molar-refractivity contribution is 14.1. The van der Waals surface area contributed by atoms with Crippen molar-refractivity contribution in [1.82, 2.24) is 0 Å². The van der Waals surface area contributed by atoms with Gasteiger partial charge in [0, 0.05) is 0 Å². The Morgan fingerprint density at radius 2 is 2.00 bits per heavy atom. The molecule has 1 aliphatic carbocycles. The molecule has 2 rings (SSSR count). The minimum absolute atomic E-state index is 0.273. The van der Waals surface area contributed by atoms with Crippen molar-refractivity contribution in [2.75, 3.05) is 7.11 Å². The lowest BCUT2D eigenvalue weighted by Gasteiger charge is -2.26. The van der Waals surface area contributed by atoms with Crippen LogP contribution in [-0.4, -0.2) is 19.5 Å². The van der Waals surface area contributed by atoms with Crippen LogP contribution in [0.25, 0.3) is 6.08 Å². The van der Waals surface area contributed by atoms with E-state index in [4.69, 9.17) is 14.2 Å². The lowest BCUT2D eigenvalue weighted by Crippen LogP contribution is -2.26. The summed E-state index contributed by atoms with van der Waals surface area (Å²) in [5, 5.41) is 0. The van der Waals surface area contributed by atoms with Crippen molar-refractivity contribution in [2.45, 2.75) is 51.4 Å². The van der Waals surface area contributed by atoms with Gasteiger partial charge < -0.3 is 14.2 Å². The van der Waals surface area contributed by atoms with Gasteiger partial charge in [0.05, 0.1) is 16.8 Å². The number of rotatable bonds is 6. The first-order valence-corrected chi connectivity index (χ1v) is 8.54. The number of benzene rings is 1. The van der Waals surface area contributed by atoms with Gasteiger partial charge in [-0.3, -0.25) is 0 Å². The Kier molecular flexibility index (Phi) is 6.36. The molecule has 0 aromatic heterocycles. The minimum atomic E-state index is -0.273. The zero-order valence-corrected chi connectivity index (χ0v) is 14.9. The highest BCUT2D eigenvalue weighted by Crippen LogP contribution is 2.35. The van der Waals surface area contributed by atoms with Crippen LogP contribution in [0, 0.1) is 3.57 Å². The topological polar surface area (TPSA) is 27.7 Å². The van der Waals surface area contributed by atoms with Crippen molar-refractivity contribution >= 4 is 28.7 Å². The molecule has 116 valence electrons. The number of hydrogen-bond acceptors (Lipinski definition) is 3. The van der Waals surface area contributed by atoms with Gasteiger partial charge in [-0.25, -0.2) is 0 Å². The number of hydrogen-bond donors (Lipinski definition) is 0. The second kappa shape index (κ2) is 8.03. The van der Waals surface area contributed by atoms with E-state index in [-0.39, 0.29) is 6.29 Å². The molecule has 0 saturated heterocycles. The predicted octanol–water partition coefficient (Wildman–Crippen LogP) is 5.02. The van der Waals surface area contributed by atoms with E-state index in [1.54, 1.807) is 13.2 Å². The van der Waals surface area contributed by atoms with Gasteiger partial charge in [0.2, 0.25) is 0 Å². The molecule has 0 N–H and O–H groups in total. The Morgan fingerprint density at radius 1 is 1.29 bits per heavy atom. The number of ether oxygens (including phenoxy) is 3. The van der Waals surface area contributed by atoms with E-state index in [9.17, 15) is 0 Å². The molecule has 0 amide bonds. The number of methoxy groups -OCH3 is 1. The highest BCUT2D eigenvalue weighted by Gasteiger charge is 2.20. The molecule has 0 spiro atoms. The average Bonchev–Trinajstić information content (AvgIpc) is 2.50. The average molecular weight is 402 g/mol. The summed E-state index contributed by atoms with van der Waals surface area (Å²) in [5.74, 6) is 1.46. The maximum absolute atomic E-state index is 6.00. The summed E-state index contributed by atoms with van der Waals surface area (Å²) in [6, 6.07) is 3.95. The summed E-state index contributed by atoms with van der Waals surface area (Å²) >= 11 is 2.25. The molecule has 0 bridgehead atoms. The van der Waals surface area contributed by atoms with Crippen LogP contribution in [0.1, 0.15) is 44.6 Å². The molecule has 4 heteroatoms. The van der Waals surface area contributed by atoms with E-state index in [0.29, 0.717) is 6.10 Å². The first kappa shape index (κ1) is 16.6. The Morgan fingerprint density at radius 3 is 2.62 bits per heavy atom. The van der Waals surface area contributed by atoms with Gasteiger partial charge in [-0.2, -0.15) is 0 Å². The summed E-state index contributed by atoms with van der Waals surface area (Å²) in [5.41, 5.74) is 1.02. The molecule has 1 unspecified atom stereocenters. The van der Waals surface area contributed by atoms with Gasteiger partial charge in [0.15, 0.2) is 17.8 Å². The molecule has 1 fully saturated rings. The number of halogens is 1. The van der Waals surface area contributed by atoms with Gasteiger partial charge in [-0.15, -0.1) is 0 Å². The van der Waals surface area contributed by atoms with Gasteiger partial charge >= 0.3 is 0 Å². The third-order valence-corrected chi connectivity index (χ3v) is 4.51. The van der Waals surface area contributed by atoms with Crippen molar-refractivity contribution in [2.24, 2.45) is 0 Å². The summed E-state index contributed by atoms with van der Waals surface area (Å²) in [6.45, 7) is 5.74. The molecular formula is C17H23IO3. The van der Waals surface area contributed by atoms with Crippen LogP contribution in [0.4, 0.5) is 0 Å². The Bertz CT molecular complexity index is 481. The third-order valence-electron chi connectivity index (χ3n) is 3.71. The fourth-order valence-electron chi connectivity index (χ4n) is 2.64. The minimum Gasteiger partial charge on any atom is -0.493 e. The van der Waals surface area contributed by atoms with Crippen LogP contribution in [0.3, 0.4) is 0 Å². The molecular weight excluding hydrogens is 379 g/mol. The fourth-order valence-corrected chi connectivity index (χ4v) is 3.39. The van der Waals surface area contributed by atoms with Crippen LogP contribution in [0.15, 0.2) is 18.7 Å². The Hall–Kier alpha value is -0.750. The van der Waals surface area contributed by atoms with Gasteiger partial charge in [0.1, 0.15) is 0 Å². The van der Waals surface area contributed by atoms with E-state index < -0.39 is 0 Å². The lowest BCUT2D eigenvalue weighted by atomic mass is 9.98. The molecule has 1 aromatic carbocycles. The molecule has 1 aliphatic rings. The van der Waals surface area contributed by atoms with Crippen molar-refractivity contribution in [3.05, 3.63) is 27.8 Å². The summed E-state index contributed by atoms with van der Waals surface area (Å²) in [7, 11) is 1.65. The van der Waals surface area contributed by atoms with Crippen molar-refractivity contribution < 1.29 is 14.2 Å². The summed E-state index contributed by atoms with van der Waals surface area (Å²) in [6.07, 6.45) is 7.96. The van der Waals surface area contributed by atoms with Gasteiger partial charge in [-0.05, 0) is 60.1 Å². The van der Waals surface area contributed by atoms with E-state index in [1.165, 1.54) is 19.3 Å². The second-order valence-corrected chi connectivity index (χ2v) is 6.48. The first-order chi connectivity index (χ1) is 10.1. The van der Waals surface area contributed by atoms with Crippen LogP contribution in [-0.2, 0) is 4.74 Å². The third kappa shape index (κ3) is 4.61. The molecule has 0 heterocycles. The molecule has 0 aliphatic heterocycles. The maximum atomic E-state index is 6.00. The summed E-state index contributed by atoms with van der Waals surface area (Å²) in [4.78, 5) is 0. The molecule has 1 saturated carbocycles. The second-order valence-electron chi connectivity index (χ2n) is 5.32. The summed E-state index contributed by atoms with van der Waals surface area (Å²) < 4.78 is 18.4. The zero-order valence-electron chi connectivity index (χ0n) is 12.7. The van der Waals surface area contributed by atoms with E-state index in [1.807, 2.05) is 19.1 Å². The largest absolute Gasteiger partial charge is 0.493 e. The van der Waals surface area contributed by atoms with Gasteiger partial charge in [-0.1, -0.05) is 31.9 Å². The molecule has 3 nitrogen and oxygen atoms in total. The van der Waals surface area contributed by atoms with Crippen LogP contribution >= 0.6 is 22.6 Å². The van der Waals surface area contributed by atoms with E-state index >= 15 is 0 Å². The molecule has 0 radical (unpaired) electrons. The zero-order chi connectivity index (χ0) is 15.2. The van der Waals surface area contributed by atoms with Crippen molar-refractivity contribution in [3.8, 4) is 11.5 Å².